The summed E-state index contributed by atoms with van der Waals surface area (Å²) in [4.78, 5) is 73.3. The molecule has 6 atom stereocenters. The van der Waals surface area contributed by atoms with Crippen molar-refractivity contribution in [1.82, 2.24) is 0 Å². The molecule has 0 aromatic carbocycles. The third-order valence-electron chi connectivity index (χ3n) is 20.8. The quantitative estimate of drug-likeness (QED) is 0.0222. The van der Waals surface area contributed by atoms with Crippen LogP contribution in [0.2, 0.25) is 0 Å². The molecular formula is C87H170O17P2. The average molecular weight is 1550 g/mol. The van der Waals surface area contributed by atoms with Crippen molar-refractivity contribution in [3.05, 3.63) is 0 Å². The molecule has 3 N–H and O–H groups in total. The zero-order valence-corrected chi connectivity index (χ0v) is 71.5. The number of rotatable bonds is 86. The summed E-state index contributed by atoms with van der Waals surface area (Å²) in [6.45, 7) is 9.75. The summed E-state index contributed by atoms with van der Waals surface area (Å²) in [5.74, 6) is -0.463. The van der Waals surface area contributed by atoms with E-state index in [1.807, 2.05) is 0 Å². The zero-order chi connectivity index (χ0) is 77.8. The van der Waals surface area contributed by atoms with Crippen molar-refractivity contribution in [2.75, 3.05) is 39.6 Å². The minimum atomic E-state index is -4.97. The number of phosphoric ester groups is 2. The first-order chi connectivity index (χ1) is 51.4. The van der Waals surface area contributed by atoms with Crippen molar-refractivity contribution < 1.29 is 80.2 Å². The van der Waals surface area contributed by atoms with Gasteiger partial charge in [-0.2, -0.15) is 0 Å². The van der Waals surface area contributed by atoms with Gasteiger partial charge in [0.25, 0.3) is 0 Å². The number of esters is 4. The Bertz CT molecular complexity index is 2030. The van der Waals surface area contributed by atoms with E-state index in [0.717, 1.165) is 102 Å². The van der Waals surface area contributed by atoms with Crippen LogP contribution in [0.5, 0.6) is 0 Å². The predicted octanol–water partition coefficient (Wildman–Crippen LogP) is 26.6. The van der Waals surface area contributed by atoms with Crippen molar-refractivity contribution >= 4 is 39.5 Å². The minimum Gasteiger partial charge on any atom is -0.462 e. The highest BCUT2D eigenvalue weighted by Gasteiger charge is 2.30. The van der Waals surface area contributed by atoms with Gasteiger partial charge in [0.15, 0.2) is 12.2 Å². The molecule has 630 valence electrons. The third kappa shape index (κ3) is 78.7. The lowest BCUT2D eigenvalue weighted by molar-refractivity contribution is -0.161. The molecule has 0 aliphatic rings. The second-order valence-corrected chi connectivity index (χ2v) is 34.9. The van der Waals surface area contributed by atoms with Gasteiger partial charge >= 0.3 is 39.5 Å². The zero-order valence-electron chi connectivity index (χ0n) is 69.7. The fourth-order valence-corrected chi connectivity index (χ4v) is 15.1. The van der Waals surface area contributed by atoms with E-state index in [1.54, 1.807) is 0 Å². The first kappa shape index (κ1) is 104. The molecule has 0 saturated carbocycles. The van der Waals surface area contributed by atoms with Crippen LogP contribution in [0.1, 0.15) is 465 Å². The first-order valence-corrected chi connectivity index (χ1v) is 48.0. The van der Waals surface area contributed by atoms with Gasteiger partial charge in [0.1, 0.15) is 19.3 Å². The molecule has 0 aliphatic carbocycles. The molecule has 0 radical (unpaired) electrons. The van der Waals surface area contributed by atoms with Crippen molar-refractivity contribution in [1.29, 1.82) is 0 Å². The number of hydrogen-bond acceptors (Lipinski definition) is 15. The SMILES string of the molecule is CCCCCCCCCCCCCCCCCCCCC(=O)OC[C@H](COP(=O)(O)OC[C@@H](O)COP(=O)(O)OC[C@@H](COC(=O)CCCCCCCCCCCCCC)OC(=O)CCCCCCCCCCCCCC(C)C)OC(=O)CCCCCCCCCCCCCCCCCCCCC(C)CC. The number of carbonyl (C=O) groups is 4. The number of hydrogen-bond donors (Lipinski definition) is 3. The lowest BCUT2D eigenvalue weighted by Gasteiger charge is -2.21. The molecule has 0 fully saturated rings. The van der Waals surface area contributed by atoms with Gasteiger partial charge in [0.05, 0.1) is 26.4 Å². The monoisotopic (exact) mass is 1550 g/mol. The van der Waals surface area contributed by atoms with Gasteiger partial charge < -0.3 is 33.8 Å². The number of carbonyl (C=O) groups excluding carboxylic acids is 4. The van der Waals surface area contributed by atoms with Crippen LogP contribution >= 0.6 is 15.6 Å². The Morgan fingerprint density at radius 2 is 0.481 bits per heavy atom. The van der Waals surface area contributed by atoms with Crippen molar-refractivity contribution in [3.8, 4) is 0 Å². The van der Waals surface area contributed by atoms with E-state index in [2.05, 4.69) is 41.5 Å². The van der Waals surface area contributed by atoms with Gasteiger partial charge in [-0.3, -0.25) is 37.3 Å². The molecule has 17 nitrogen and oxygen atoms in total. The van der Waals surface area contributed by atoms with Crippen molar-refractivity contribution in [2.45, 2.75) is 484 Å². The standard InChI is InChI=1S/C87H170O17P2/c1-7-10-12-14-16-18-20-22-23-24-28-31-34-40-46-52-58-64-70-85(90)98-76-82(103-86(91)71-65-59-53-47-41-35-32-29-26-25-27-30-33-38-44-50-56-62-68-80(6)9-3)77-101-105(93,94)99-73-81(88)74-100-106(95,96)102-78-83(75-97-84(89)69-63-57-51-45-39-21-19-17-15-13-11-8-2)104-87(92)72-66-60-54-48-42-36-37-43-49-55-61-67-79(4)5/h79-83,88H,7-78H2,1-6H3,(H,93,94)(H,95,96)/t80?,81-,82-,83-/m1/s1. The summed E-state index contributed by atoms with van der Waals surface area (Å²) in [6.07, 6.45) is 70.7. The summed E-state index contributed by atoms with van der Waals surface area (Å²) in [6, 6.07) is 0. The molecule has 0 saturated heterocycles. The van der Waals surface area contributed by atoms with Crippen LogP contribution in [0.4, 0.5) is 0 Å². The molecule has 0 rings (SSSR count). The smallest absolute Gasteiger partial charge is 0.462 e. The van der Waals surface area contributed by atoms with E-state index in [-0.39, 0.29) is 25.7 Å². The molecule has 0 bridgehead atoms. The summed E-state index contributed by atoms with van der Waals surface area (Å²) in [5, 5.41) is 10.7. The number of aliphatic hydroxyl groups excluding tert-OH is 1. The van der Waals surface area contributed by atoms with Crippen molar-refractivity contribution in [3.63, 3.8) is 0 Å². The van der Waals surface area contributed by atoms with Crippen LogP contribution in [0.25, 0.3) is 0 Å². The summed E-state index contributed by atoms with van der Waals surface area (Å²) >= 11 is 0. The average Bonchev–Trinajstić information content (AvgIpc) is 0.902. The highest BCUT2D eigenvalue weighted by Crippen LogP contribution is 2.45. The Kier molecular flexibility index (Phi) is 76.9. The van der Waals surface area contributed by atoms with Crippen molar-refractivity contribution in [2.24, 2.45) is 11.8 Å². The molecule has 0 aromatic heterocycles. The Hall–Kier alpha value is -1.94. The highest BCUT2D eigenvalue weighted by atomic mass is 31.2. The van der Waals surface area contributed by atoms with Gasteiger partial charge in [0, 0.05) is 25.7 Å². The number of phosphoric acid groups is 2. The fourth-order valence-electron chi connectivity index (χ4n) is 13.6. The molecular weight excluding hydrogens is 1380 g/mol. The first-order valence-electron chi connectivity index (χ1n) is 45.0. The van der Waals surface area contributed by atoms with E-state index in [4.69, 9.17) is 37.0 Å². The van der Waals surface area contributed by atoms with Gasteiger partial charge in [-0.05, 0) is 37.5 Å². The second kappa shape index (κ2) is 78.3. The lowest BCUT2D eigenvalue weighted by atomic mass is 9.99. The summed E-state index contributed by atoms with van der Waals surface area (Å²) in [5.41, 5.74) is 0. The summed E-state index contributed by atoms with van der Waals surface area (Å²) in [7, 11) is -9.93. The van der Waals surface area contributed by atoms with Crippen LogP contribution in [-0.2, 0) is 65.4 Å². The largest absolute Gasteiger partial charge is 0.472 e. The van der Waals surface area contributed by atoms with Crippen LogP contribution in [0.15, 0.2) is 0 Å². The molecule has 19 heteroatoms. The van der Waals surface area contributed by atoms with E-state index in [9.17, 15) is 43.2 Å². The maximum Gasteiger partial charge on any atom is 0.472 e. The third-order valence-corrected chi connectivity index (χ3v) is 22.7. The number of aliphatic hydroxyl groups is 1. The van der Waals surface area contributed by atoms with E-state index >= 15 is 0 Å². The van der Waals surface area contributed by atoms with Gasteiger partial charge in [-0.25, -0.2) is 9.13 Å². The Morgan fingerprint density at radius 1 is 0.274 bits per heavy atom. The maximum atomic E-state index is 13.2. The molecule has 0 aliphatic heterocycles. The van der Waals surface area contributed by atoms with E-state index in [1.165, 1.54) is 283 Å². The minimum absolute atomic E-state index is 0.107. The Labute approximate surface area is 651 Å². The number of unbranched alkanes of at least 4 members (excludes halogenated alkanes) is 55. The molecule has 0 spiro atoms. The van der Waals surface area contributed by atoms with Gasteiger partial charge in [-0.15, -0.1) is 0 Å². The van der Waals surface area contributed by atoms with Gasteiger partial charge in [-0.1, -0.05) is 414 Å². The molecule has 3 unspecified atom stereocenters. The van der Waals surface area contributed by atoms with Crippen LogP contribution < -0.4 is 0 Å². The molecule has 0 heterocycles. The maximum absolute atomic E-state index is 13.2. The normalized spacial score (nSPS) is 14.1. The lowest BCUT2D eigenvalue weighted by Crippen LogP contribution is -2.30. The van der Waals surface area contributed by atoms with Gasteiger partial charge in [0.2, 0.25) is 0 Å². The van der Waals surface area contributed by atoms with Crippen LogP contribution in [-0.4, -0.2) is 96.7 Å². The second-order valence-electron chi connectivity index (χ2n) is 32.0. The molecule has 0 aromatic rings. The predicted molar refractivity (Wildman–Crippen MR) is 437 cm³/mol. The Morgan fingerprint density at radius 3 is 0.717 bits per heavy atom. The summed E-state index contributed by atoms with van der Waals surface area (Å²) < 4.78 is 68.9. The molecule has 0 amide bonds. The highest BCUT2D eigenvalue weighted by molar-refractivity contribution is 7.47. The van der Waals surface area contributed by atoms with E-state index in [0.29, 0.717) is 25.7 Å². The molecule has 106 heavy (non-hydrogen) atoms. The van der Waals surface area contributed by atoms with Crippen LogP contribution in [0, 0.1) is 11.8 Å². The fraction of sp³-hybridized carbons (Fsp3) is 0.954. The Balaban J connectivity index is 5.24. The van der Waals surface area contributed by atoms with Crippen LogP contribution in [0.3, 0.4) is 0 Å². The van der Waals surface area contributed by atoms with E-state index < -0.39 is 97.5 Å². The topological polar surface area (TPSA) is 237 Å². The number of ether oxygens (including phenoxy) is 4.